The topological polar surface area (TPSA) is 83.4 Å². The molecule has 124 valence electrons. The van der Waals surface area contributed by atoms with Gasteiger partial charge in [0.2, 0.25) is 0 Å². The molecular formula is C16H17N5O2S. The van der Waals surface area contributed by atoms with Gasteiger partial charge < -0.3 is 4.90 Å². The van der Waals surface area contributed by atoms with Crippen molar-refractivity contribution in [3.05, 3.63) is 50.5 Å². The SMILES string of the molecule is Cc1csc(CC2CCN(C(=O)c3ccc4n[nH]c(=O)n4c3)C2)n1. The first-order valence-electron chi connectivity index (χ1n) is 7.87. The second-order valence-electron chi connectivity index (χ2n) is 6.17. The minimum Gasteiger partial charge on any atom is -0.338 e. The van der Waals surface area contributed by atoms with Crippen LogP contribution in [0.1, 0.15) is 27.5 Å². The van der Waals surface area contributed by atoms with Crippen LogP contribution >= 0.6 is 11.3 Å². The molecule has 3 aromatic heterocycles. The molecular weight excluding hydrogens is 326 g/mol. The Morgan fingerprint density at radius 1 is 1.46 bits per heavy atom. The first kappa shape index (κ1) is 15.1. The lowest BCUT2D eigenvalue weighted by atomic mass is 10.1. The number of carbonyl (C=O) groups excluding carboxylic acids is 1. The lowest BCUT2D eigenvalue weighted by Crippen LogP contribution is -2.29. The van der Waals surface area contributed by atoms with Gasteiger partial charge in [0, 0.05) is 36.8 Å². The summed E-state index contributed by atoms with van der Waals surface area (Å²) in [5.74, 6) is 0.405. The third kappa shape index (κ3) is 2.73. The van der Waals surface area contributed by atoms with Crippen LogP contribution < -0.4 is 5.69 Å². The number of aryl methyl sites for hydroxylation is 1. The van der Waals surface area contributed by atoms with E-state index < -0.39 is 0 Å². The molecule has 0 bridgehead atoms. The number of hydrogen-bond donors (Lipinski definition) is 1. The summed E-state index contributed by atoms with van der Waals surface area (Å²) in [6.45, 7) is 3.47. The smallest absolute Gasteiger partial charge is 0.338 e. The fraction of sp³-hybridized carbons (Fsp3) is 0.375. The van der Waals surface area contributed by atoms with Gasteiger partial charge in [-0.05, 0) is 31.4 Å². The van der Waals surface area contributed by atoms with Crippen LogP contribution in [0.5, 0.6) is 0 Å². The maximum atomic E-state index is 12.7. The Morgan fingerprint density at radius 3 is 3.12 bits per heavy atom. The zero-order chi connectivity index (χ0) is 16.7. The molecule has 1 unspecified atom stereocenters. The van der Waals surface area contributed by atoms with E-state index in [4.69, 9.17) is 0 Å². The fourth-order valence-corrected chi connectivity index (χ4v) is 4.03. The molecule has 4 rings (SSSR count). The van der Waals surface area contributed by atoms with E-state index in [9.17, 15) is 9.59 Å². The van der Waals surface area contributed by atoms with Crippen molar-refractivity contribution >= 4 is 22.9 Å². The van der Waals surface area contributed by atoms with Crippen LogP contribution in [0.15, 0.2) is 28.5 Å². The molecule has 0 saturated carbocycles. The summed E-state index contributed by atoms with van der Waals surface area (Å²) < 4.78 is 1.36. The van der Waals surface area contributed by atoms with Crippen LogP contribution in [0.25, 0.3) is 5.65 Å². The van der Waals surface area contributed by atoms with Crippen molar-refractivity contribution in [1.29, 1.82) is 0 Å². The van der Waals surface area contributed by atoms with Gasteiger partial charge in [0.15, 0.2) is 5.65 Å². The minimum atomic E-state index is -0.335. The van der Waals surface area contributed by atoms with Crippen LogP contribution in [0.4, 0.5) is 0 Å². The first-order chi connectivity index (χ1) is 11.6. The highest BCUT2D eigenvalue weighted by Crippen LogP contribution is 2.24. The molecule has 4 heterocycles. The standard InChI is InChI=1S/C16H17N5O2S/c1-10-9-24-14(17-10)6-11-4-5-20(7-11)15(22)12-2-3-13-18-19-16(23)21(13)8-12/h2-3,8-9,11H,4-7H2,1H3,(H,19,23). The zero-order valence-electron chi connectivity index (χ0n) is 13.2. The third-order valence-electron chi connectivity index (χ3n) is 4.36. The number of H-pyrrole nitrogens is 1. The Morgan fingerprint density at radius 2 is 2.33 bits per heavy atom. The lowest BCUT2D eigenvalue weighted by molar-refractivity contribution is 0.0786. The number of thiazole rings is 1. The number of aromatic amines is 1. The number of nitrogens with one attached hydrogen (secondary N) is 1. The van der Waals surface area contributed by atoms with E-state index in [2.05, 4.69) is 20.6 Å². The minimum absolute atomic E-state index is 0.0391. The molecule has 1 atom stereocenters. The number of fused-ring (bicyclic) bond motifs is 1. The van der Waals surface area contributed by atoms with Crippen LogP contribution in [0, 0.1) is 12.8 Å². The van der Waals surface area contributed by atoms with Crippen molar-refractivity contribution in [2.45, 2.75) is 19.8 Å². The predicted molar refractivity (Wildman–Crippen MR) is 90.4 cm³/mol. The lowest BCUT2D eigenvalue weighted by Gasteiger charge is -2.16. The molecule has 1 aliphatic heterocycles. The highest BCUT2D eigenvalue weighted by molar-refractivity contribution is 7.09. The van der Waals surface area contributed by atoms with Crippen LogP contribution in [0.3, 0.4) is 0 Å². The summed E-state index contributed by atoms with van der Waals surface area (Å²) in [6.07, 6.45) is 3.46. The van der Waals surface area contributed by atoms with Crippen molar-refractivity contribution in [2.24, 2.45) is 5.92 Å². The molecule has 1 amide bonds. The van der Waals surface area contributed by atoms with Gasteiger partial charge in [-0.3, -0.25) is 4.79 Å². The number of rotatable bonds is 3. The highest BCUT2D eigenvalue weighted by Gasteiger charge is 2.28. The molecule has 8 heteroatoms. The number of pyridine rings is 1. The van der Waals surface area contributed by atoms with Crippen molar-refractivity contribution in [3.63, 3.8) is 0 Å². The summed E-state index contributed by atoms with van der Waals surface area (Å²) in [7, 11) is 0. The molecule has 3 aromatic rings. The van der Waals surface area contributed by atoms with Gasteiger partial charge in [0.1, 0.15) is 0 Å². The average molecular weight is 343 g/mol. The summed E-state index contributed by atoms with van der Waals surface area (Å²) in [5, 5.41) is 9.44. The van der Waals surface area contributed by atoms with E-state index >= 15 is 0 Å². The largest absolute Gasteiger partial charge is 0.347 e. The van der Waals surface area contributed by atoms with E-state index in [1.807, 2.05) is 11.8 Å². The molecule has 7 nitrogen and oxygen atoms in total. The predicted octanol–water partition coefficient (Wildman–Crippen LogP) is 1.49. The Kier molecular flexibility index (Phi) is 3.68. The number of carbonyl (C=O) groups is 1. The van der Waals surface area contributed by atoms with Crippen molar-refractivity contribution in [1.82, 2.24) is 24.5 Å². The molecule has 0 aliphatic carbocycles. The van der Waals surface area contributed by atoms with Gasteiger partial charge in [0.25, 0.3) is 5.91 Å². The molecule has 24 heavy (non-hydrogen) atoms. The quantitative estimate of drug-likeness (QED) is 0.781. The number of aromatic nitrogens is 4. The second kappa shape index (κ2) is 5.86. The van der Waals surface area contributed by atoms with Crippen LogP contribution in [0.2, 0.25) is 0 Å². The van der Waals surface area contributed by atoms with Gasteiger partial charge in [-0.25, -0.2) is 19.3 Å². The molecule has 1 fully saturated rings. The number of nitrogens with zero attached hydrogens (tertiary/aromatic N) is 4. The second-order valence-corrected chi connectivity index (χ2v) is 7.11. The van der Waals surface area contributed by atoms with Crippen LogP contribution in [-0.2, 0) is 6.42 Å². The van der Waals surface area contributed by atoms with Gasteiger partial charge in [-0.1, -0.05) is 0 Å². The molecule has 0 aromatic carbocycles. The van der Waals surface area contributed by atoms with E-state index in [1.165, 1.54) is 4.40 Å². The monoisotopic (exact) mass is 343 g/mol. The molecule has 1 N–H and O–H groups in total. The number of amides is 1. The summed E-state index contributed by atoms with van der Waals surface area (Å²) in [5.41, 5.74) is 1.74. The molecule has 0 spiro atoms. The van der Waals surface area contributed by atoms with E-state index in [0.29, 0.717) is 17.1 Å². The van der Waals surface area contributed by atoms with Gasteiger partial charge in [-0.2, -0.15) is 5.10 Å². The highest BCUT2D eigenvalue weighted by atomic mass is 32.1. The average Bonchev–Trinajstić information content (AvgIpc) is 3.29. The summed E-state index contributed by atoms with van der Waals surface area (Å²) in [4.78, 5) is 30.7. The number of likely N-dealkylation sites (tertiary alicyclic amines) is 1. The molecule has 1 saturated heterocycles. The van der Waals surface area contributed by atoms with Gasteiger partial charge in [-0.15, -0.1) is 11.3 Å². The van der Waals surface area contributed by atoms with Crippen molar-refractivity contribution in [3.8, 4) is 0 Å². The zero-order valence-corrected chi connectivity index (χ0v) is 14.0. The maximum absolute atomic E-state index is 12.7. The van der Waals surface area contributed by atoms with Crippen molar-refractivity contribution < 1.29 is 4.79 Å². The van der Waals surface area contributed by atoms with E-state index in [1.54, 1.807) is 29.7 Å². The number of hydrogen-bond acceptors (Lipinski definition) is 5. The summed E-state index contributed by atoms with van der Waals surface area (Å²) in [6, 6.07) is 3.40. The van der Waals surface area contributed by atoms with Gasteiger partial charge in [0.05, 0.1) is 10.6 Å². The Bertz CT molecular complexity index is 957. The van der Waals surface area contributed by atoms with Crippen molar-refractivity contribution in [2.75, 3.05) is 13.1 Å². The summed E-state index contributed by atoms with van der Waals surface area (Å²) >= 11 is 1.68. The Hall–Kier alpha value is -2.48. The van der Waals surface area contributed by atoms with E-state index in [-0.39, 0.29) is 11.6 Å². The Balaban J connectivity index is 1.48. The normalized spacial score (nSPS) is 17.7. The fourth-order valence-electron chi connectivity index (χ4n) is 3.14. The molecule has 0 radical (unpaired) electrons. The molecule has 1 aliphatic rings. The Labute approximate surface area is 142 Å². The van der Waals surface area contributed by atoms with E-state index in [0.717, 1.165) is 36.6 Å². The third-order valence-corrected chi connectivity index (χ3v) is 5.35. The first-order valence-corrected chi connectivity index (χ1v) is 8.75. The van der Waals surface area contributed by atoms with Crippen LogP contribution in [-0.4, -0.2) is 43.5 Å². The van der Waals surface area contributed by atoms with Gasteiger partial charge >= 0.3 is 5.69 Å². The maximum Gasteiger partial charge on any atom is 0.347 e.